The van der Waals surface area contributed by atoms with E-state index in [-0.39, 0.29) is 11.3 Å². The zero-order valence-corrected chi connectivity index (χ0v) is 13.4. The van der Waals surface area contributed by atoms with Crippen LogP contribution < -0.4 is 0 Å². The molecule has 4 atom stereocenters. The van der Waals surface area contributed by atoms with Gasteiger partial charge < -0.3 is 9.47 Å². The molecule has 0 N–H and O–H groups in total. The maximum absolute atomic E-state index is 12.3. The molecule has 124 valence electrons. The van der Waals surface area contributed by atoms with E-state index >= 15 is 0 Å². The maximum atomic E-state index is 12.3. The molecule has 1 aromatic carbocycles. The van der Waals surface area contributed by atoms with Gasteiger partial charge in [0.05, 0.1) is 4.90 Å². The third-order valence-electron chi connectivity index (χ3n) is 3.88. The fourth-order valence-electron chi connectivity index (χ4n) is 2.80. The molecule has 2 aliphatic rings. The second kappa shape index (κ2) is 5.70. The second-order valence-corrected chi connectivity index (χ2v) is 7.24. The SMILES string of the molecule is CC(=O)O[C@@H]1C(=O)[C@@H]2O[C@H]1C[C@@H]2OS(=O)(=O)c1ccc(C)cc1. The molecule has 0 saturated carbocycles. The number of esters is 1. The minimum Gasteiger partial charge on any atom is -0.452 e. The number of hydrogen-bond acceptors (Lipinski definition) is 7. The molecule has 2 aliphatic heterocycles. The third kappa shape index (κ3) is 3.01. The van der Waals surface area contributed by atoms with E-state index in [9.17, 15) is 18.0 Å². The van der Waals surface area contributed by atoms with E-state index in [4.69, 9.17) is 13.7 Å². The molecule has 0 aliphatic carbocycles. The molecule has 23 heavy (non-hydrogen) atoms. The van der Waals surface area contributed by atoms with Gasteiger partial charge >= 0.3 is 5.97 Å². The number of rotatable bonds is 4. The third-order valence-corrected chi connectivity index (χ3v) is 5.23. The predicted molar refractivity (Wildman–Crippen MR) is 77.1 cm³/mol. The van der Waals surface area contributed by atoms with Gasteiger partial charge in [0, 0.05) is 13.3 Å². The lowest BCUT2D eigenvalue weighted by atomic mass is 9.94. The number of ketones is 1. The molecule has 0 radical (unpaired) electrons. The molecule has 0 aromatic heterocycles. The fraction of sp³-hybridized carbons (Fsp3) is 0.467. The molecule has 1 aromatic rings. The van der Waals surface area contributed by atoms with Crippen molar-refractivity contribution in [2.75, 3.05) is 0 Å². The predicted octanol–water partition coefficient (Wildman–Crippen LogP) is 0.741. The van der Waals surface area contributed by atoms with E-state index in [0.717, 1.165) is 5.56 Å². The van der Waals surface area contributed by atoms with Crippen molar-refractivity contribution in [2.45, 2.75) is 49.6 Å². The van der Waals surface area contributed by atoms with Crippen LogP contribution in [0.2, 0.25) is 0 Å². The second-order valence-electron chi connectivity index (χ2n) is 5.67. The number of fused-ring (bicyclic) bond motifs is 2. The lowest BCUT2D eigenvalue weighted by molar-refractivity contribution is -0.154. The lowest BCUT2D eigenvalue weighted by Crippen LogP contribution is -2.44. The molecule has 3 rings (SSSR count). The zero-order chi connectivity index (χ0) is 16.8. The van der Waals surface area contributed by atoms with Crippen molar-refractivity contribution in [1.82, 2.24) is 0 Å². The first-order valence-corrected chi connectivity index (χ1v) is 8.55. The Kier molecular flexibility index (Phi) is 3.99. The highest BCUT2D eigenvalue weighted by Gasteiger charge is 2.57. The van der Waals surface area contributed by atoms with Crippen molar-refractivity contribution in [1.29, 1.82) is 0 Å². The van der Waals surface area contributed by atoms with Gasteiger partial charge in [-0.05, 0) is 19.1 Å². The Morgan fingerprint density at radius 1 is 1.26 bits per heavy atom. The molecule has 7 nitrogen and oxygen atoms in total. The van der Waals surface area contributed by atoms with Crippen LogP contribution in [0.25, 0.3) is 0 Å². The quantitative estimate of drug-likeness (QED) is 0.589. The van der Waals surface area contributed by atoms with E-state index in [1.165, 1.54) is 19.1 Å². The topological polar surface area (TPSA) is 96.0 Å². The van der Waals surface area contributed by atoms with Gasteiger partial charge in [-0.15, -0.1) is 0 Å². The van der Waals surface area contributed by atoms with Crippen LogP contribution in [0, 0.1) is 6.92 Å². The molecule has 0 amide bonds. The highest BCUT2D eigenvalue weighted by Crippen LogP contribution is 2.37. The Morgan fingerprint density at radius 2 is 1.91 bits per heavy atom. The van der Waals surface area contributed by atoms with Crippen molar-refractivity contribution in [3.63, 3.8) is 0 Å². The minimum absolute atomic E-state index is 0.0230. The number of ether oxygens (including phenoxy) is 2. The average Bonchev–Trinajstić information content (AvgIpc) is 2.98. The van der Waals surface area contributed by atoms with Crippen LogP contribution in [0.1, 0.15) is 18.9 Å². The average molecular weight is 340 g/mol. The van der Waals surface area contributed by atoms with E-state index < -0.39 is 46.3 Å². The van der Waals surface area contributed by atoms with Crippen LogP contribution in [0.3, 0.4) is 0 Å². The van der Waals surface area contributed by atoms with Gasteiger partial charge in [-0.25, -0.2) is 0 Å². The molecule has 2 fully saturated rings. The fourth-order valence-corrected chi connectivity index (χ4v) is 3.89. The van der Waals surface area contributed by atoms with E-state index in [1.807, 2.05) is 6.92 Å². The molecule has 0 spiro atoms. The smallest absolute Gasteiger partial charge is 0.303 e. The van der Waals surface area contributed by atoms with Crippen LogP contribution in [0.15, 0.2) is 29.2 Å². The number of carbonyl (C=O) groups is 2. The minimum atomic E-state index is -3.99. The van der Waals surface area contributed by atoms with Crippen LogP contribution in [0.5, 0.6) is 0 Å². The van der Waals surface area contributed by atoms with E-state index in [2.05, 4.69) is 0 Å². The van der Waals surface area contributed by atoms with Crippen LogP contribution in [-0.4, -0.2) is 44.6 Å². The summed E-state index contributed by atoms with van der Waals surface area (Å²) in [5.74, 6) is -1.04. The van der Waals surface area contributed by atoms with Gasteiger partial charge in [0.1, 0.15) is 18.3 Å². The summed E-state index contributed by atoms with van der Waals surface area (Å²) in [4.78, 5) is 23.1. The van der Waals surface area contributed by atoms with Gasteiger partial charge in [0.15, 0.2) is 6.10 Å². The highest BCUT2D eigenvalue weighted by molar-refractivity contribution is 7.86. The van der Waals surface area contributed by atoms with E-state index in [1.54, 1.807) is 12.1 Å². The van der Waals surface area contributed by atoms with Gasteiger partial charge in [-0.1, -0.05) is 17.7 Å². The summed E-state index contributed by atoms with van der Waals surface area (Å²) in [5.41, 5.74) is 0.923. The Bertz CT molecular complexity index is 738. The zero-order valence-electron chi connectivity index (χ0n) is 12.6. The van der Waals surface area contributed by atoms with Crippen LogP contribution in [-0.2, 0) is 33.4 Å². The summed E-state index contributed by atoms with van der Waals surface area (Å²) < 4.78 is 40.0. The first kappa shape index (κ1) is 16.1. The Balaban J connectivity index is 1.72. The molecule has 2 saturated heterocycles. The number of aryl methyl sites for hydroxylation is 1. The first-order valence-electron chi connectivity index (χ1n) is 7.14. The molecular formula is C15H16O7S. The van der Waals surface area contributed by atoms with Crippen molar-refractivity contribution in [3.05, 3.63) is 29.8 Å². The normalized spacial score (nSPS) is 29.7. The molecule has 2 heterocycles. The van der Waals surface area contributed by atoms with Crippen molar-refractivity contribution < 1.29 is 31.7 Å². The molecule has 0 unspecified atom stereocenters. The monoisotopic (exact) mass is 340 g/mol. The molecule has 8 heteroatoms. The Morgan fingerprint density at radius 3 is 2.48 bits per heavy atom. The summed E-state index contributed by atoms with van der Waals surface area (Å²) in [6.07, 6.45) is -3.37. The molecule has 2 bridgehead atoms. The Labute approximate surface area is 133 Å². The number of hydrogen-bond donors (Lipinski definition) is 0. The number of carbonyl (C=O) groups excluding carboxylic acids is 2. The van der Waals surface area contributed by atoms with Gasteiger partial charge in [-0.3, -0.25) is 13.8 Å². The summed E-state index contributed by atoms with van der Waals surface area (Å²) in [7, 11) is -3.99. The summed E-state index contributed by atoms with van der Waals surface area (Å²) in [6.45, 7) is 3.05. The first-order chi connectivity index (χ1) is 10.8. The summed E-state index contributed by atoms with van der Waals surface area (Å²) in [5, 5.41) is 0. The van der Waals surface area contributed by atoms with Crippen LogP contribution in [0.4, 0.5) is 0 Å². The largest absolute Gasteiger partial charge is 0.452 e. The van der Waals surface area contributed by atoms with Crippen LogP contribution >= 0.6 is 0 Å². The maximum Gasteiger partial charge on any atom is 0.303 e. The van der Waals surface area contributed by atoms with Gasteiger partial charge in [0.2, 0.25) is 5.78 Å². The number of benzene rings is 1. The highest BCUT2D eigenvalue weighted by atomic mass is 32.2. The van der Waals surface area contributed by atoms with Crippen molar-refractivity contribution >= 4 is 21.9 Å². The summed E-state index contributed by atoms with van der Waals surface area (Å²) >= 11 is 0. The van der Waals surface area contributed by atoms with E-state index in [0.29, 0.717) is 0 Å². The van der Waals surface area contributed by atoms with Crippen molar-refractivity contribution in [2.24, 2.45) is 0 Å². The number of Topliss-reactive ketones (excluding diaryl/α,β-unsaturated/α-hetero) is 1. The lowest BCUT2D eigenvalue weighted by Gasteiger charge is -2.22. The summed E-state index contributed by atoms with van der Waals surface area (Å²) in [6, 6.07) is 6.22. The van der Waals surface area contributed by atoms with Gasteiger partial charge in [-0.2, -0.15) is 8.42 Å². The van der Waals surface area contributed by atoms with Gasteiger partial charge in [0.25, 0.3) is 10.1 Å². The standard InChI is InChI=1S/C15H16O7S/c1-8-3-5-10(6-4-8)23(18,19)22-12-7-11-14(20-9(2)16)13(17)15(12)21-11/h3-6,11-12,14-15H,7H2,1-2H3/t11-,12-,14-,15+/m0/s1. The van der Waals surface area contributed by atoms with Crippen molar-refractivity contribution in [3.8, 4) is 0 Å². The molecular weight excluding hydrogens is 324 g/mol. The Hall–Kier alpha value is -1.77.